The van der Waals surface area contributed by atoms with Crippen LogP contribution in [0.2, 0.25) is 0 Å². The van der Waals surface area contributed by atoms with E-state index < -0.39 is 6.09 Å². The Hall–Kier alpha value is -2.40. The van der Waals surface area contributed by atoms with Gasteiger partial charge < -0.3 is 28.2 Å². The fraction of sp³-hybridized carbons (Fsp3) is 0.692. The van der Waals surface area contributed by atoms with Crippen LogP contribution < -0.4 is 4.90 Å². The van der Waals surface area contributed by atoms with Crippen molar-refractivity contribution in [2.45, 2.75) is 13.0 Å². The van der Waals surface area contributed by atoms with Gasteiger partial charge in [0.15, 0.2) is 0 Å². The van der Waals surface area contributed by atoms with Crippen LogP contribution in [0.15, 0.2) is 24.3 Å². The van der Waals surface area contributed by atoms with Crippen molar-refractivity contribution in [2.24, 2.45) is 0 Å². The summed E-state index contributed by atoms with van der Waals surface area (Å²) in [6, 6.07) is 8.25. The van der Waals surface area contributed by atoms with Crippen molar-refractivity contribution in [3.63, 3.8) is 0 Å². The van der Waals surface area contributed by atoms with Gasteiger partial charge >= 0.3 is 12.1 Å². The maximum absolute atomic E-state index is 12.9. The average molecular weight is 509 g/mol. The Morgan fingerprint density at radius 3 is 1.89 bits per heavy atom. The lowest BCUT2D eigenvalue weighted by molar-refractivity contribution is -0.870. The van der Waals surface area contributed by atoms with Gasteiger partial charge in [0.1, 0.15) is 26.3 Å². The Bertz CT molecular complexity index is 824. The van der Waals surface area contributed by atoms with Gasteiger partial charge in [-0.25, -0.2) is 4.79 Å². The summed E-state index contributed by atoms with van der Waals surface area (Å²) >= 11 is 0. The summed E-state index contributed by atoms with van der Waals surface area (Å²) in [6.07, 6.45) is -0.280. The Morgan fingerprint density at radius 1 is 0.833 bits per heavy atom. The molecule has 1 amide bonds. The third-order valence-electron chi connectivity index (χ3n) is 5.84. The Balaban J connectivity index is 1.99. The van der Waals surface area contributed by atoms with Crippen molar-refractivity contribution in [2.75, 3.05) is 114 Å². The number of carbonyl (C=O) groups is 2. The zero-order valence-electron chi connectivity index (χ0n) is 23.7. The Kier molecular flexibility index (Phi) is 11.0. The summed E-state index contributed by atoms with van der Waals surface area (Å²) in [5.74, 6) is -0.304. The molecule has 0 atom stereocenters. The van der Waals surface area contributed by atoms with Gasteiger partial charge in [0.2, 0.25) is 0 Å². The average Bonchev–Trinajstić information content (AvgIpc) is 2.74. The largest absolute Gasteiger partial charge is 0.460 e. The molecule has 36 heavy (non-hydrogen) atoms. The third kappa shape index (κ3) is 11.6. The molecule has 1 aliphatic heterocycles. The Labute approximate surface area is 217 Å². The van der Waals surface area contributed by atoms with E-state index in [-0.39, 0.29) is 18.9 Å². The minimum atomic E-state index is -0.411. The maximum Gasteiger partial charge on any atom is 0.410 e. The second-order valence-corrected chi connectivity index (χ2v) is 11.9. The van der Waals surface area contributed by atoms with Gasteiger partial charge in [-0.2, -0.15) is 0 Å². The van der Waals surface area contributed by atoms with Crippen molar-refractivity contribution in [3.05, 3.63) is 29.8 Å². The molecule has 1 heterocycles. The molecule has 0 unspecified atom stereocenters. The lowest BCUT2D eigenvalue weighted by atomic mass is 10.2. The van der Waals surface area contributed by atoms with Crippen LogP contribution in [-0.2, 0) is 20.8 Å². The summed E-state index contributed by atoms with van der Waals surface area (Å²) in [5.41, 5.74) is 2.12. The molecular weight excluding hydrogens is 460 g/mol. The number of amides is 1. The number of hydrogen-bond acceptors (Lipinski definition) is 7. The van der Waals surface area contributed by atoms with E-state index in [1.165, 1.54) is 0 Å². The van der Waals surface area contributed by atoms with E-state index in [0.717, 1.165) is 42.3 Å². The van der Waals surface area contributed by atoms with Crippen LogP contribution in [0.3, 0.4) is 0 Å². The lowest BCUT2D eigenvalue weighted by Crippen LogP contribution is -2.52. The van der Waals surface area contributed by atoms with Gasteiger partial charge in [-0.05, 0) is 31.8 Å². The van der Waals surface area contributed by atoms with Crippen molar-refractivity contribution in [1.82, 2.24) is 14.7 Å². The predicted octanol–water partition coefficient (Wildman–Crippen LogP) is 1.53. The molecule has 1 fully saturated rings. The quantitative estimate of drug-likeness (QED) is 0.313. The number of hydrogen-bond donors (Lipinski definition) is 0. The van der Waals surface area contributed by atoms with Crippen LogP contribution in [0.4, 0.5) is 10.5 Å². The number of anilines is 1. The maximum atomic E-state index is 12.9. The summed E-state index contributed by atoms with van der Waals surface area (Å²) in [5, 5.41) is 0. The first-order valence-electron chi connectivity index (χ1n) is 12.6. The summed E-state index contributed by atoms with van der Waals surface area (Å²) in [6.45, 7) is 5.41. The highest BCUT2D eigenvalue weighted by Gasteiger charge is 2.21. The minimum Gasteiger partial charge on any atom is -0.460 e. The Morgan fingerprint density at radius 2 is 1.36 bits per heavy atom. The van der Waals surface area contributed by atoms with Gasteiger partial charge in [-0.3, -0.25) is 14.6 Å². The molecule has 10 nitrogen and oxygen atoms in total. The second kappa shape index (κ2) is 13.2. The molecule has 204 valence electrons. The first-order chi connectivity index (χ1) is 16.7. The predicted molar refractivity (Wildman–Crippen MR) is 142 cm³/mol. The van der Waals surface area contributed by atoms with Crippen molar-refractivity contribution < 1.29 is 28.0 Å². The SMILES string of the molecule is CN1CN(C)CN(c2ccc(CN(CCC(=O)OCC[N+](C)(C)C)C(=O)OCC[N+](C)(C)C)cc2)C1. The van der Waals surface area contributed by atoms with E-state index in [2.05, 4.69) is 83.2 Å². The van der Waals surface area contributed by atoms with Crippen molar-refractivity contribution in [1.29, 1.82) is 0 Å². The molecule has 0 spiro atoms. The molecular formula is C26H48N6O4+2. The minimum absolute atomic E-state index is 0.131. The topological polar surface area (TPSA) is 65.6 Å². The zero-order valence-corrected chi connectivity index (χ0v) is 23.7. The molecule has 0 aliphatic carbocycles. The number of nitrogens with zero attached hydrogens (tertiary/aromatic N) is 6. The molecule has 0 bridgehead atoms. The molecule has 1 aliphatic rings. The van der Waals surface area contributed by atoms with E-state index in [4.69, 9.17) is 9.47 Å². The van der Waals surface area contributed by atoms with Gasteiger partial charge in [-0.1, -0.05) is 12.1 Å². The smallest absolute Gasteiger partial charge is 0.410 e. The van der Waals surface area contributed by atoms with Crippen LogP contribution in [0.25, 0.3) is 0 Å². The second-order valence-electron chi connectivity index (χ2n) is 11.9. The molecule has 0 saturated carbocycles. The zero-order chi connectivity index (χ0) is 26.9. The molecule has 10 heteroatoms. The van der Waals surface area contributed by atoms with Gasteiger partial charge in [0.25, 0.3) is 0 Å². The molecule has 1 saturated heterocycles. The normalized spacial score (nSPS) is 15.6. The molecule has 1 aromatic carbocycles. The fourth-order valence-corrected chi connectivity index (χ4v) is 3.79. The monoisotopic (exact) mass is 508 g/mol. The molecule has 1 aromatic rings. The van der Waals surface area contributed by atoms with E-state index >= 15 is 0 Å². The van der Waals surface area contributed by atoms with Gasteiger partial charge in [0.05, 0.1) is 68.7 Å². The lowest BCUT2D eigenvalue weighted by Gasteiger charge is -2.40. The van der Waals surface area contributed by atoms with Crippen molar-refractivity contribution in [3.8, 4) is 0 Å². The summed E-state index contributed by atoms with van der Waals surface area (Å²) < 4.78 is 12.3. The number of rotatable bonds is 12. The summed E-state index contributed by atoms with van der Waals surface area (Å²) in [4.78, 5) is 33.6. The van der Waals surface area contributed by atoms with E-state index in [0.29, 0.717) is 30.8 Å². The van der Waals surface area contributed by atoms with Crippen LogP contribution >= 0.6 is 0 Å². The van der Waals surface area contributed by atoms with Crippen LogP contribution in [0.1, 0.15) is 12.0 Å². The highest BCUT2D eigenvalue weighted by atomic mass is 16.6. The molecule has 0 N–H and O–H groups in total. The van der Waals surface area contributed by atoms with Crippen LogP contribution in [0.5, 0.6) is 0 Å². The van der Waals surface area contributed by atoms with E-state index in [9.17, 15) is 9.59 Å². The number of benzene rings is 1. The standard InChI is InChI=1S/C26H48N6O4/c1-27-20-28(2)22-30(21-27)24-11-9-23(10-12-24)19-29(26(34)36-18-16-32(6,7)8)14-13-25(33)35-17-15-31(3,4)5/h9-12H,13-22H2,1-8H3/q+2. The fourth-order valence-electron chi connectivity index (χ4n) is 3.79. The third-order valence-corrected chi connectivity index (χ3v) is 5.84. The number of ether oxygens (including phenoxy) is 2. The van der Waals surface area contributed by atoms with Crippen molar-refractivity contribution >= 4 is 17.7 Å². The van der Waals surface area contributed by atoms with E-state index in [1.807, 2.05) is 12.1 Å². The van der Waals surface area contributed by atoms with Gasteiger partial charge in [0, 0.05) is 18.8 Å². The van der Waals surface area contributed by atoms with E-state index in [1.54, 1.807) is 4.90 Å². The number of carbonyl (C=O) groups excluding carboxylic acids is 2. The van der Waals surface area contributed by atoms with Crippen LogP contribution in [0, 0.1) is 0 Å². The first kappa shape index (κ1) is 29.8. The highest BCUT2D eigenvalue weighted by Crippen LogP contribution is 2.19. The number of likely N-dealkylation sites (N-methyl/N-ethyl adjacent to an activating group) is 2. The highest BCUT2D eigenvalue weighted by molar-refractivity contribution is 5.72. The first-order valence-corrected chi connectivity index (χ1v) is 12.6. The number of esters is 1. The summed E-state index contributed by atoms with van der Waals surface area (Å²) in [7, 11) is 16.5. The molecule has 2 rings (SSSR count). The molecule has 0 aromatic heterocycles. The van der Waals surface area contributed by atoms with Gasteiger partial charge in [-0.15, -0.1) is 0 Å². The number of quaternary nitrogens is 2. The van der Waals surface area contributed by atoms with Crippen LogP contribution in [-0.4, -0.2) is 145 Å². The molecule has 0 radical (unpaired) electrons.